The second kappa shape index (κ2) is 12.1. The molecular weight excluding hydrogens is 418 g/mol. The molecule has 1 saturated heterocycles. The Morgan fingerprint density at radius 3 is 2.36 bits per heavy atom. The van der Waals surface area contributed by atoms with Crippen molar-refractivity contribution in [3.63, 3.8) is 0 Å². The highest BCUT2D eigenvalue weighted by Crippen LogP contribution is 2.31. The van der Waals surface area contributed by atoms with Crippen molar-refractivity contribution in [3.05, 3.63) is 53.6 Å². The Labute approximate surface area is 196 Å². The van der Waals surface area contributed by atoms with Gasteiger partial charge < -0.3 is 25.0 Å². The minimum atomic E-state index is -0.247. The third-order valence-electron chi connectivity index (χ3n) is 5.51. The van der Waals surface area contributed by atoms with E-state index in [1.165, 1.54) is 0 Å². The molecule has 2 aromatic carbocycles. The third kappa shape index (κ3) is 6.88. The number of carbonyl (C=O) groups excluding carboxylic acids is 2. The lowest BCUT2D eigenvalue weighted by Crippen LogP contribution is -2.36. The van der Waals surface area contributed by atoms with Crippen LogP contribution >= 0.6 is 0 Å². The summed E-state index contributed by atoms with van der Waals surface area (Å²) in [5, 5.41) is 5.87. The van der Waals surface area contributed by atoms with E-state index < -0.39 is 0 Å². The normalized spacial score (nSPS) is 14.2. The minimum absolute atomic E-state index is 0.169. The number of benzene rings is 2. The number of urea groups is 1. The van der Waals surface area contributed by atoms with E-state index >= 15 is 0 Å². The molecule has 178 valence electrons. The quantitative estimate of drug-likeness (QED) is 0.504. The fraction of sp³-hybridized carbons (Fsp3) is 0.462. The van der Waals surface area contributed by atoms with Crippen LogP contribution in [0, 0.1) is 0 Å². The summed E-state index contributed by atoms with van der Waals surface area (Å²) in [6, 6.07) is 13.1. The van der Waals surface area contributed by atoms with E-state index in [0.717, 1.165) is 48.4 Å². The van der Waals surface area contributed by atoms with Crippen molar-refractivity contribution in [1.82, 2.24) is 10.6 Å². The molecule has 1 unspecified atom stereocenters. The summed E-state index contributed by atoms with van der Waals surface area (Å²) in [7, 11) is 0. The Kier molecular flexibility index (Phi) is 8.98. The molecule has 1 atom stereocenters. The minimum Gasteiger partial charge on any atom is -0.490 e. The van der Waals surface area contributed by atoms with Gasteiger partial charge in [0.2, 0.25) is 5.91 Å². The van der Waals surface area contributed by atoms with Crippen molar-refractivity contribution in [2.24, 2.45) is 0 Å². The molecule has 0 aromatic heterocycles. The molecule has 1 fully saturated rings. The Balaban J connectivity index is 1.53. The molecule has 0 bridgehead atoms. The third-order valence-corrected chi connectivity index (χ3v) is 5.51. The number of nitrogens with one attached hydrogen (secondary N) is 2. The predicted octanol–water partition coefficient (Wildman–Crippen LogP) is 4.95. The average Bonchev–Trinajstić information content (AvgIpc) is 3.26. The van der Waals surface area contributed by atoms with Crippen molar-refractivity contribution < 1.29 is 19.1 Å². The molecule has 2 N–H and O–H groups in total. The van der Waals surface area contributed by atoms with Crippen molar-refractivity contribution in [1.29, 1.82) is 0 Å². The van der Waals surface area contributed by atoms with E-state index in [9.17, 15) is 9.59 Å². The molecule has 7 nitrogen and oxygen atoms in total. The maximum atomic E-state index is 12.5. The number of amides is 3. The van der Waals surface area contributed by atoms with E-state index in [1.807, 2.05) is 54.3 Å². The lowest BCUT2D eigenvalue weighted by atomic mass is 10.1. The van der Waals surface area contributed by atoms with Crippen LogP contribution in [0.5, 0.6) is 11.5 Å². The number of anilines is 1. The van der Waals surface area contributed by atoms with Crippen LogP contribution in [0.4, 0.5) is 10.5 Å². The predicted molar refractivity (Wildman–Crippen MR) is 130 cm³/mol. The largest absolute Gasteiger partial charge is 0.490 e. The van der Waals surface area contributed by atoms with E-state index in [0.29, 0.717) is 31.9 Å². The van der Waals surface area contributed by atoms with Crippen molar-refractivity contribution in [3.8, 4) is 11.5 Å². The fourth-order valence-electron chi connectivity index (χ4n) is 3.68. The maximum Gasteiger partial charge on any atom is 0.315 e. The number of ether oxygens (including phenoxy) is 2. The van der Waals surface area contributed by atoms with Gasteiger partial charge in [-0.25, -0.2) is 4.79 Å². The smallest absolute Gasteiger partial charge is 0.315 e. The van der Waals surface area contributed by atoms with Crippen LogP contribution in [0.2, 0.25) is 0 Å². The van der Waals surface area contributed by atoms with Gasteiger partial charge in [-0.2, -0.15) is 0 Å². The van der Waals surface area contributed by atoms with Crippen molar-refractivity contribution >= 4 is 17.6 Å². The molecule has 0 radical (unpaired) electrons. The van der Waals surface area contributed by atoms with Gasteiger partial charge in [0, 0.05) is 25.2 Å². The van der Waals surface area contributed by atoms with E-state index in [2.05, 4.69) is 24.5 Å². The molecule has 1 aliphatic rings. The van der Waals surface area contributed by atoms with Crippen molar-refractivity contribution in [2.45, 2.75) is 59.0 Å². The lowest BCUT2D eigenvalue weighted by Gasteiger charge is -2.18. The number of hydrogen-bond acceptors (Lipinski definition) is 4. The summed E-state index contributed by atoms with van der Waals surface area (Å²) in [6.07, 6.45) is 3.35. The highest BCUT2D eigenvalue weighted by Gasteiger charge is 2.21. The molecule has 1 aliphatic heterocycles. The Bertz CT molecular complexity index is 930. The van der Waals surface area contributed by atoms with Gasteiger partial charge in [-0.15, -0.1) is 0 Å². The Hall–Kier alpha value is -3.22. The topological polar surface area (TPSA) is 79.9 Å². The van der Waals surface area contributed by atoms with Crippen LogP contribution in [-0.4, -0.2) is 31.7 Å². The lowest BCUT2D eigenvalue weighted by molar-refractivity contribution is -0.117. The molecule has 1 heterocycles. The molecular formula is C26H35N3O4. The zero-order valence-electron chi connectivity index (χ0n) is 19.9. The van der Waals surface area contributed by atoms with E-state index in [1.54, 1.807) is 0 Å². The summed E-state index contributed by atoms with van der Waals surface area (Å²) in [5.74, 6) is 1.60. The second-order valence-corrected chi connectivity index (χ2v) is 8.27. The molecule has 0 saturated carbocycles. The second-order valence-electron chi connectivity index (χ2n) is 8.27. The Morgan fingerprint density at radius 2 is 1.73 bits per heavy atom. The summed E-state index contributed by atoms with van der Waals surface area (Å²) in [6.45, 7) is 8.48. The zero-order valence-corrected chi connectivity index (χ0v) is 19.9. The van der Waals surface area contributed by atoms with Gasteiger partial charge in [-0.3, -0.25) is 4.79 Å². The fourth-order valence-corrected chi connectivity index (χ4v) is 3.68. The first-order valence-electron chi connectivity index (χ1n) is 11.8. The molecule has 0 aliphatic carbocycles. The number of rotatable bonds is 11. The number of carbonyl (C=O) groups is 2. The van der Waals surface area contributed by atoms with Gasteiger partial charge in [0.1, 0.15) is 0 Å². The molecule has 33 heavy (non-hydrogen) atoms. The molecule has 7 heteroatoms. The first-order chi connectivity index (χ1) is 16.0. The van der Waals surface area contributed by atoms with Gasteiger partial charge in [-0.05, 0) is 61.6 Å². The highest BCUT2D eigenvalue weighted by molar-refractivity contribution is 5.95. The number of hydrogen-bond donors (Lipinski definition) is 2. The van der Waals surface area contributed by atoms with Crippen LogP contribution in [0.25, 0.3) is 0 Å². The van der Waals surface area contributed by atoms with Gasteiger partial charge in [0.05, 0.1) is 19.3 Å². The SMILES string of the molecule is CCCOc1ccc(C(C)NC(=O)NCc2ccc(N3CCCC3=O)cc2)cc1OCCC. The average molecular weight is 454 g/mol. The zero-order chi connectivity index (χ0) is 23.6. The van der Waals surface area contributed by atoms with Crippen LogP contribution in [0.15, 0.2) is 42.5 Å². The molecule has 3 rings (SSSR count). The number of nitrogens with zero attached hydrogens (tertiary/aromatic N) is 1. The summed E-state index contributed by atoms with van der Waals surface area (Å²) in [4.78, 5) is 26.1. The maximum absolute atomic E-state index is 12.5. The van der Waals surface area contributed by atoms with Crippen molar-refractivity contribution in [2.75, 3.05) is 24.7 Å². The van der Waals surface area contributed by atoms with Gasteiger partial charge >= 0.3 is 6.03 Å². The first kappa shape index (κ1) is 24.4. The van der Waals surface area contributed by atoms with Gasteiger partial charge in [0.25, 0.3) is 0 Å². The summed E-state index contributed by atoms with van der Waals surface area (Å²) >= 11 is 0. The molecule has 2 aromatic rings. The standard InChI is InChI=1S/C26H35N3O4/c1-4-15-32-23-13-10-21(17-24(23)33-16-5-2)19(3)28-26(31)27-18-20-8-11-22(12-9-20)29-14-6-7-25(29)30/h8-13,17,19H,4-7,14-16,18H2,1-3H3,(H2,27,28,31). The molecule has 0 spiro atoms. The summed E-state index contributed by atoms with van der Waals surface area (Å²) in [5.41, 5.74) is 2.83. The van der Waals surface area contributed by atoms with E-state index in [-0.39, 0.29) is 18.0 Å². The monoisotopic (exact) mass is 453 g/mol. The van der Waals surface area contributed by atoms with Gasteiger partial charge in [0.15, 0.2) is 11.5 Å². The first-order valence-corrected chi connectivity index (χ1v) is 11.8. The highest BCUT2D eigenvalue weighted by atomic mass is 16.5. The van der Waals surface area contributed by atoms with Crippen LogP contribution in [-0.2, 0) is 11.3 Å². The summed E-state index contributed by atoms with van der Waals surface area (Å²) < 4.78 is 11.6. The van der Waals surface area contributed by atoms with Crippen LogP contribution in [0.3, 0.4) is 0 Å². The van der Waals surface area contributed by atoms with Gasteiger partial charge in [-0.1, -0.05) is 32.0 Å². The molecule has 3 amide bonds. The van der Waals surface area contributed by atoms with Crippen LogP contribution in [0.1, 0.15) is 63.6 Å². The van der Waals surface area contributed by atoms with Crippen LogP contribution < -0.4 is 25.0 Å². The van der Waals surface area contributed by atoms with E-state index in [4.69, 9.17) is 9.47 Å². The Morgan fingerprint density at radius 1 is 1.03 bits per heavy atom.